The Hall–Kier alpha value is -1.72. The highest BCUT2D eigenvalue weighted by atomic mass is 15.3. The molecular weight excluding hydrogens is 262 g/mol. The number of aromatic nitrogens is 3. The van der Waals surface area contributed by atoms with Crippen molar-refractivity contribution in [1.82, 2.24) is 25.0 Å². The van der Waals surface area contributed by atoms with Crippen LogP contribution in [0.15, 0.2) is 30.6 Å². The average Bonchev–Trinajstić information content (AvgIpc) is 2.94. The van der Waals surface area contributed by atoms with E-state index in [1.165, 1.54) is 11.1 Å². The number of fused-ring (bicyclic) bond motifs is 1. The lowest BCUT2D eigenvalue weighted by Gasteiger charge is -2.27. The summed E-state index contributed by atoms with van der Waals surface area (Å²) in [4.78, 5) is 2.44. The number of nitrogens with zero attached hydrogens (tertiary/aromatic N) is 4. The van der Waals surface area contributed by atoms with Gasteiger partial charge < -0.3 is 9.88 Å². The van der Waals surface area contributed by atoms with E-state index in [-0.39, 0.29) is 0 Å². The van der Waals surface area contributed by atoms with Gasteiger partial charge in [0.15, 0.2) is 0 Å². The molecule has 5 heteroatoms. The molecule has 0 spiro atoms. The van der Waals surface area contributed by atoms with Gasteiger partial charge in [-0.1, -0.05) is 38.1 Å². The van der Waals surface area contributed by atoms with Crippen molar-refractivity contribution >= 4 is 0 Å². The summed E-state index contributed by atoms with van der Waals surface area (Å²) in [6.07, 6.45) is 1.83. The van der Waals surface area contributed by atoms with Crippen LogP contribution in [-0.2, 0) is 26.2 Å². The standard InChI is InChI=1S/C16H23N5/c1-13(2)17-9-14-5-3-4-6-15(14)10-20-7-8-21-12-18-19-16(21)11-20/h3-6,12-13,17H,7-11H2,1-2H3. The molecule has 2 aromatic rings. The first-order chi connectivity index (χ1) is 10.2. The molecule has 0 aliphatic carbocycles. The van der Waals surface area contributed by atoms with Crippen LogP contribution in [-0.4, -0.2) is 32.3 Å². The molecule has 3 rings (SSSR count). The molecule has 1 aliphatic heterocycles. The van der Waals surface area contributed by atoms with Crippen LogP contribution < -0.4 is 5.32 Å². The zero-order chi connectivity index (χ0) is 14.7. The van der Waals surface area contributed by atoms with Gasteiger partial charge in [0.25, 0.3) is 0 Å². The summed E-state index contributed by atoms with van der Waals surface area (Å²) in [6, 6.07) is 9.20. The number of hydrogen-bond donors (Lipinski definition) is 1. The van der Waals surface area contributed by atoms with E-state index >= 15 is 0 Å². The second kappa shape index (κ2) is 6.37. The van der Waals surface area contributed by atoms with E-state index < -0.39 is 0 Å². The maximum atomic E-state index is 4.19. The molecule has 1 aromatic carbocycles. The number of rotatable bonds is 5. The van der Waals surface area contributed by atoms with Crippen molar-refractivity contribution in [2.45, 2.75) is 46.1 Å². The molecule has 2 heterocycles. The van der Waals surface area contributed by atoms with E-state index in [4.69, 9.17) is 0 Å². The topological polar surface area (TPSA) is 46.0 Å². The fourth-order valence-electron chi connectivity index (χ4n) is 2.69. The molecule has 1 N–H and O–H groups in total. The smallest absolute Gasteiger partial charge is 0.147 e. The second-order valence-electron chi connectivity index (χ2n) is 5.96. The Kier molecular flexibility index (Phi) is 4.31. The monoisotopic (exact) mass is 285 g/mol. The molecule has 0 radical (unpaired) electrons. The van der Waals surface area contributed by atoms with Gasteiger partial charge >= 0.3 is 0 Å². The summed E-state index contributed by atoms with van der Waals surface area (Å²) >= 11 is 0. The third-order valence-electron chi connectivity index (χ3n) is 3.93. The Morgan fingerprint density at radius 3 is 2.81 bits per heavy atom. The molecule has 112 valence electrons. The molecule has 1 aliphatic rings. The predicted molar refractivity (Wildman–Crippen MR) is 82.6 cm³/mol. The number of benzene rings is 1. The summed E-state index contributed by atoms with van der Waals surface area (Å²) in [6.45, 7) is 9.18. The van der Waals surface area contributed by atoms with Crippen LogP contribution in [0.4, 0.5) is 0 Å². The lowest BCUT2D eigenvalue weighted by atomic mass is 10.1. The molecular formula is C16H23N5. The van der Waals surface area contributed by atoms with Gasteiger partial charge in [-0.2, -0.15) is 0 Å². The normalized spacial score (nSPS) is 15.4. The van der Waals surface area contributed by atoms with Crippen molar-refractivity contribution in [3.8, 4) is 0 Å². The van der Waals surface area contributed by atoms with Crippen molar-refractivity contribution < 1.29 is 0 Å². The van der Waals surface area contributed by atoms with E-state index in [2.05, 4.69) is 63.1 Å². The van der Waals surface area contributed by atoms with Gasteiger partial charge in [-0.05, 0) is 11.1 Å². The maximum absolute atomic E-state index is 4.19. The Morgan fingerprint density at radius 1 is 1.19 bits per heavy atom. The zero-order valence-corrected chi connectivity index (χ0v) is 12.8. The summed E-state index contributed by atoms with van der Waals surface area (Å²) in [5.74, 6) is 1.07. The van der Waals surface area contributed by atoms with Gasteiger partial charge in [0.2, 0.25) is 0 Å². The molecule has 1 aromatic heterocycles. The number of nitrogens with one attached hydrogen (secondary N) is 1. The summed E-state index contributed by atoms with van der Waals surface area (Å²) in [7, 11) is 0. The van der Waals surface area contributed by atoms with Crippen LogP contribution in [0.25, 0.3) is 0 Å². The highest BCUT2D eigenvalue weighted by Gasteiger charge is 2.18. The number of hydrogen-bond acceptors (Lipinski definition) is 4. The largest absolute Gasteiger partial charge is 0.315 e. The molecule has 0 fully saturated rings. The zero-order valence-electron chi connectivity index (χ0n) is 12.8. The average molecular weight is 285 g/mol. The van der Waals surface area contributed by atoms with Gasteiger partial charge in [-0.15, -0.1) is 10.2 Å². The highest BCUT2D eigenvalue weighted by Crippen LogP contribution is 2.16. The van der Waals surface area contributed by atoms with Crippen LogP contribution in [0.1, 0.15) is 30.8 Å². The first kappa shape index (κ1) is 14.2. The van der Waals surface area contributed by atoms with Crippen LogP contribution in [0, 0.1) is 0 Å². The minimum atomic E-state index is 0.506. The van der Waals surface area contributed by atoms with Crippen LogP contribution >= 0.6 is 0 Å². The van der Waals surface area contributed by atoms with E-state index in [9.17, 15) is 0 Å². The fraction of sp³-hybridized carbons (Fsp3) is 0.500. The summed E-state index contributed by atoms with van der Waals surface area (Å²) in [5, 5.41) is 11.7. The third kappa shape index (κ3) is 3.49. The highest BCUT2D eigenvalue weighted by molar-refractivity contribution is 5.27. The molecule has 5 nitrogen and oxygen atoms in total. The second-order valence-corrected chi connectivity index (χ2v) is 5.96. The SMILES string of the molecule is CC(C)NCc1ccccc1CN1CCn2cnnc2C1. The van der Waals surface area contributed by atoms with E-state index in [1.54, 1.807) is 0 Å². The lowest BCUT2D eigenvalue weighted by Crippen LogP contribution is -2.33. The lowest BCUT2D eigenvalue weighted by molar-refractivity contribution is 0.208. The van der Waals surface area contributed by atoms with Crippen molar-refractivity contribution in [1.29, 1.82) is 0 Å². The van der Waals surface area contributed by atoms with Gasteiger partial charge in [0.05, 0.1) is 6.54 Å². The Morgan fingerprint density at radius 2 is 2.00 bits per heavy atom. The van der Waals surface area contributed by atoms with Crippen LogP contribution in [0.3, 0.4) is 0 Å². The Bertz CT molecular complexity index is 590. The maximum Gasteiger partial charge on any atom is 0.147 e. The first-order valence-electron chi connectivity index (χ1n) is 7.61. The molecule has 0 saturated heterocycles. The third-order valence-corrected chi connectivity index (χ3v) is 3.93. The van der Waals surface area contributed by atoms with E-state index in [0.717, 1.165) is 38.5 Å². The van der Waals surface area contributed by atoms with Gasteiger partial charge in [0.1, 0.15) is 12.2 Å². The molecule has 0 unspecified atom stereocenters. The molecule has 0 atom stereocenters. The molecule has 0 bridgehead atoms. The molecule has 0 saturated carbocycles. The summed E-state index contributed by atoms with van der Waals surface area (Å²) < 4.78 is 2.14. The van der Waals surface area contributed by atoms with Crippen molar-refractivity contribution in [3.63, 3.8) is 0 Å². The van der Waals surface area contributed by atoms with Gasteiger partial charge in [0, 0.05) is 32.2 Å². The molecule has 0 amide bonds. The molecule has 21 heavy (non-hydrogen) atoms. The van der Waals surface area contributed by atoms with Crippen molar-refractivity contribution in [2.24, 2.45) is 0 Å². The quantitative estimate of drug-likeness (QED) is 0.910. The first-order valence-corrected chi connectivity index (χ1v) is 7.61. The van der Waals surface area contributed by atoms with Crippen LogP contribution in [0.5, 0.6) is 0 Å². The predicted octanol–water partition coefficient (Wildman–Crippen LogP) is 1.79. The van der Waals surface area contributed by atoms with E-state index in [1.807, 2.05) is 6.33 Å². The summed E-state index contributed by atoms with van der Waals surface area (Å²) in [5.41, 5.74) is 2.79. The Balaban J connectivity index is 1.68. The van der Waals surface area contributed by atoms with Gasteiger partial charge in [-0.25, -0.2) is 0 Å². The van der Waals surface area contributed by atoms with Gasteiger partial charge in [-0.3, -0.25) is 4.90 Å². The van der Waals surface area contributed by atoms with E-state index in [0.29, 0.717) is 6.04 Å². The fourth-order valence-corrected chi connectivity index (χ4v) is 2.69. The minimum Gasteiger partial charge on any atom is -0.315 e. The Labute approximate surface area is 126 Å². The van der Waals surface area contributed by atoms with Crippen molar-refractivity contribution in [3.05, 3.63) is 47.5 Å². The van der Waals surface area contributed by atoms with Crippen LogP contribution in [0.2, 0.25) is 0 Å². The minimum absolute atomic E-state index is 0.506. The van der Waals surface area contributed by atoms with Crippen molar-refractivity contribution in [2.75, 3.05) is 6.54 Å².